The summed E-state index contributed by atoms with van der Waals surface area (Å²) in [5, 5.41) is 9.30. The molecule has 4 aromatic heterocycles. The smallest absolute Gasteiger partial charge is 0.274 e. The Morgan fingerprint density at radius 3 is 2.62 bits per heavy atom. The van der Waals surface area contributed by atoms with Gasteiger partial charge in [0.1, 0.15) is 17.7 Å². The van der Waals surface area contributed by atoms with Crippen LogP contribution in [0.4, 0.5) is 5.69 Å². The summed E-state index contributed by atoms with van der Waals surface area (Å²) < 4.78 is 3.41. The number of carbonyl (C=O) groups is 1. The summed E-state index contributed by atoms with van der Waals surface area (Å²) in [5.74, 6) is 0.371. The number of imidazole rings is 1. The molecular weight excluding hydrogens is 422 g/mol. The maximum absolute atomic E-state index is 13.0. The van der Waals surface area contributed by atoms with Crippen LogP contribution in [0, 0.1) is 6.92 Å². The number of aryl methyl sites for hydroxylation is 2. The van der Waals surface area contributed by atoms with Gasteiger partial charge < -0.3 is 5.32 Å². The van der Waals surface area contributed by atoms with Gasteiger partial charge in [-0.3, -0.25) is 13.9 Å². The first-order chi connectivity index (χ1) is 15.6. The molecule has 0 bridgehead atoms. The normalized spacial score (nSPS) is 10.6. The topological polar surface area (TPSA) is 90.0 Å². The molecule has 162 valence electrons. The highest BCUT2D eigenvalue weighted by atomic mass is 32.1. The molecule has 0 unspecified atom stereocenters. The van der Waals surface area contributed by atoms with E-state index in [9.17, 15) is 4.79 Å². The van der Waals surface area contributed by atoms with Crippen LogP contribution in [0.1, 0.15) is 29.9 Å². The summed E-state index contributed by atoms with van der Waals surface area (Å²) in [4.78, 5) is 26.0. The molecule has 5 rings (SSSR count). The van der Waals surface area contributed by atoms with Gasteiger partial charge in [-0.1, -0.05) is 26.0 Å². The van der Waals surface area contributed by atoms with Gasteiger partial charge in [0.25, 0.3) is 5.91 Å². The Kier molecular flexibility index (Phi) is 6.09. The van der Waals surface area contributed by atoms with E-state index in [1.165, 1.54) is 0 Å². The fourth-order valence-corrected chi connectivity index (χ4v) is 3.78. The molecule has 0 aliphatic carbocycles. The van der Waals surface area contributed by atoms with Crippen LogP contribution in [0.5, 0.6) is 0 Å². The minimum Gasteiger partial charge on any atom is -0.320 e. The highest BCUT2D eigenvalue weighted by Gasteiger charge is 2.15. The standard InChI is InChI=1S/C21H17N7OS.C2H6/c1-13-3-4-15(20-23-11-27(2)26-20)7-16(13)25-21(29)18-9-22-19-8-14(5-6-28(18)19)17-10-30-12-24-17;1-2/h3-12H,1-2H3,(H,25,29);1-2H3. The third kappa shape index (κ3) is 4.15. The summed E-state index contributed by atoms with van der Waals surface area (Å²) >= 11 is 1.54. The summed E-state index contributed by atoms with van der Waals surface area (Å²) in [6.07, 6.45) is 5.06. The lowest BCUT2D eigenvalue weighted by atomic mass is 10.1. The molecule has 0 spiro atoms. The molecule has 32 heavy (non-hydrogen) atoms. The summed E-state index contributed by atoms with van der Waals surface area (Å²) in [7, 11) is 1.82. The molecule has 1 N–H and O–H groups in total. The maximum Gasteiger partial charge on any atom is 0.274 e. The first-order valence-electron chi connectivity index (χ1n) is 10.2. The highest BCUT2D eigenvalue weighted by Crippen LogP contribution is 2.24. The van der Waals surface area contributed by atoms with E-state index in [1.807, 2.05) is 69.7 Å². The monoisotopic (exact) mass is 445 g/mol. The van der Waals surface area contributed by atoms with Crippen molar-refractivity contribution >= 4 is 28.6 Å². The van der Waals surface area contributed by atoms with Crippen molar-refractivity contribution in [3.05, 3.63) is 71.2 Å². The predicted molar refractivity (Wildman–Crippen MR) is 127 cm³/mol. The van der Waals surface area contributed by atoms with Gasteiger partial charge in [-0.25, -0.2) is 15.0 Å². The van der Waals surface area contributed by atoms with Crippen LogP contribution in [-0.2, 0) is 7.05 Å². The highest BCUT2D eigenvalue weighted by molar-refractivity contribution is 7.07. The van der Waals surface area contributed by atoms with Gasteiger partial charge >= 0.3 is 0 Å². The Labute approximate surface area is 189 Å². The van der Waals surface area contributed by atoms with E-state index in [2.05, 4.69) is 25.4 Å². The number of nitrogens with zero attached hydrogens (tertiary/aromatic N) is 6. The number of aromatic nitrogens is 6. The van der Waals surface area contributed by atoms with Gasteiger partial charge in [-0.05, 0) is 30.7 Å². The molecule has 0 atom stereocenters. The molecule has 0 aliphatic heterocycles. The molecule has 0 radical (unpaired) electrons. The van der Waals surface area contributed by atoms with E-state index in [0.717, 1.165) is 22.4 Å². The number of thiazole rings is 1. The van der Waals surface area contributed by atoms with Crippen molar-refractivity contribution in [2.24, 2.45) is 7.05 Å². The fraction of sp³-hybridized carbons (Fsp3) is 0.174. The van der Waals surface area contributed by atoms with Crippen molar-refractivity contribution in [2.75, 3.05) is 5.32 Å². The third-order valence-electron chi connectivity index (χ3n) is 4.82. The van der Waals surface area contributed by atoms with Crippen molar-refractivity contribution in [1.82, 2.24) is 29.1 Å². The Hall–Kier alpha value is -3.85. The Morgan fingerprint density at radius 1 is 1.06 bits per heavy atom. The van der Waals surface area contributed by atoms with Gasteiger partial charge in [0.05, 0.1) is 17.4 Å². The van der Waals surface area contributed by atoms with Crippen molar-refractivity contribution < 1.29 is 4.79 Å². The van der Waals surface area contributed by atoms with Gasteiger partial charge in [0, 0.05) is 35.4 Å². The van der Waals surface area contributed by atoms with Crippen molar-refractivity contribution in [1.29, 1.82) is 0 Å². The number of pyridine rings is 1. The van der Waals surface area contributed by atoms with Crippen molar-refractivity contribution in [3.8, 4) is 22.6 Å². The van der Waals surface area contributed by atoms with Gasteiger partial charge in [-0.15, -0.1) is 11.3 Å². The van der Waals surface area contributed by atoms with Gasteiger partial charge in [0.2, 0.25) is 0 Å². The Morgan fingerprint density at radius 2 is 1.91 bits per heavy atom. The molecule has 8 nitrogen and oxygen atoms in total. The third-order valence-corrected chi connectivity index (χ3v) is 5.40. The number of amides is 1. The molecule has 0 aliphatic rings. The van der Waals surface area contributed by atoms with E-state index in [0.29, 0.717) is 22.9 Å². The SMILES string of the molecule is CC.Cc1ccc(-c2ncn(C)n2)cc1NC(=O)c1cnc2cc(-c3cscn3)ccn12. The minimum atomic E-state index is -0.238. The predicted octanol–water partition coefficient (Wildman–Crippen LogP) is 4.84. The van der Waals surface area contributed by atoms with Crippen molar-refractivity contribution in [3.63, 3.8) is 0 Å². The molecule has 0 fully saturated rings. The molecule has 1 amide bonds. The largest absolute Gasteiger partial charge is 0.320 e. The number of rotatable bonds is 4. The summed E-state index contributed by atoms with van der Waals surface area (Å²) in [6.45, 7) is 5.94. The number of hydrogen-bond donors (Lipinski definition) is 1. The molecule has 0 saturated heterocycles. The zero-order chi connectivity index (χ0) is 22.7. The van der Waals surface area contributed by atoms with E-state index in [-0.39, 0.29) is 5.91 Å². The molecule has 4 heterocycles. The second-order valence-corrected chi connectivity index (χ2v) is 7.61. The van der Waals surface area contributed by atoms with Crippen molar-refractivity contribution in [2.45, 2.75) is 20.8 Å². The molecular formula is C23H23N7OS. The molecule has 1 aromatic carbocycles. The van der Waals surface area contributed by atoms with Crippen LogP contribution in [0.15, 0.2) is 59.9 Å². The first kappa shape index (κ1) is 21.4. The summed E-state index contributed by atoms with van der Waals surface area (Å²) in [6, 6.07) is 9.61. The lowest BCUT2D eigenvalue weighted by Crippen LogP contribution is -2.15. The number of fused-ring (bicyclic) bond motifs is 1. The quantitative estimate of drug-likeness (QED) is 0.427. The zero-order valence-electron chi connectivity index (χ0n) is 18.3. The van der Waals surface area contributed by atoms with Crippen LogP contribution in [0.2, 0.25) is 0 Å². The van der Waals surface area contributed by atoms with Gasteiger partial charge in [-0.2, -0.15) is 5.10 Å². The van der Waals surface area contributed by atoms with E-state index >= 15 is 0 Å². The second kappa shape index (κ2) is 9.11. The summed E-state index contributed by atoms with van der Waals surface area (Å²) in [5.41, 5.74) is 7.29. The zero-order valence-corrected chi connectivity index (χ0v) is 19.1. The maximum atomic E-state index is 13.0. The van der Waals surface area contributed by atoms with Crippen LogP contribution in [-0.4, -0.2) is 35.0 Å². The average Bonchev–Trinajstić information content (AvgIpc) is 3.57. The number of hydrogen-bond acceptors (Lipinski definition) is 6. The number of anilines is 1. The van der Waals surface area contributed by atoms with E-state index in [1.54, 1.807) is 38.5 Å². The lowest BCUT2D eigenvalue weighted by Gasteiger charge is -2.10. The molecule has 5 aromatic rings. The van der Waals surface area contributed by atoms with E-state index < -0.39 is 0 Å². The van der Waals surface area contributed by atoms with Crippen LogP contribution >= 0.6 is 11.3 Å². The second-order valence-electron chi connectivity index (χ2n) is 6.89. The number of nitrogens with one attached hydrogen (secondary N) is 1. The fourth-order valence-electron chi connectivity index (χ4n) is 3.22. The molecule has 9 heteroatoms. The lowest BCUT2D eigenvalue weighted by molar-refractivity contribution is 0.102. The average molecular weight is 446 g/mol. The van der Waals surface area contributed by atoms with Gasteiger partial charge in [0.15, 0.2) is 5.82 Å². The number of carbonyl (C=O) groups excluding carboxylic acids is 1. The Balaban J connectivity index is 0.00000119. The molecule has 0 saturated carbocycles. The van der Waals surface area contributed by atoms with Crippen LogP contribution in [0.3, 0.4) is 0 Å². The Bertz CT molecular complexity index is 1370. The minimum absolute atomic E-state index is 0.238. The number of benzene rings is 1. The van der Waals surface area contributed by atoms with Crippen LogP contribution < -0.4 is 5.32 Å². The van der Waals surface area contributed by atoms with E-state index in [4.69, 9.17) is 0 Å². The first-order valence-corrected chi connectivity index (χ1v) is 11.2. The van der Waals surface area contributed by atoms with Crippen LogP contribution in [0.25, 0.3) is 28.3 Å².